The Labute approximate surface area is 170 Å². The van der Waals surface area contributed by atoms with E-state index in [9.17, 15) is 14.4 Å². The molecule has 2 heterocycles. The Bertz CT molecular complexity index is 972. The number of rotatable bonds is 4. The molecular weight excluding hydrogens is 370 g/mol. The Morgan fingerprint density at radius 3 is 2.24 bits per heavy atom. The van der Waals surface area contributed by atoms with Crippen LogP contribution in [0, 0.1) is 0 Å². The molecule has 156 valence electrons. The molecule has 1 aliphatic heterocycles. The number of hydrogen-bond donors (Lipinski definition) is 0. The average molecular weight is 399 g/mol. The molecule has 7 heteroatoms. The molecule has 0 spiro atoms. The second-order valence-corrected chi connectivity index (χ2v) is 8.16. The van der Waals surface area contributed by atoms with Crippen molar-refractivity contribution in [2.45, 2.75) is 78.1 Å². The van der Waals surface area contributed by atoms with Gasteiger partial charge in [-0.3, -0.25) is 9.59 Å². The average Bonchev–Trinajstić information content (AvgIpc) is 2.67. The Morgan fingerprint density at radius 1 is 1.07 bits per heavy atom. The number of esters is 1. The van der Waals surface area contributed by atoms with Gasteiger partial charge < -0.3 is 9.64 Å². The predicted molar refractivity (Wildman–Crippen MR) is 111 cm³/mol. The lowest BCUT2D eigenvalue weighted by molar-refractivity contribution is -0.146. The normalized spacial score (nSPS) is 20.7. The third-order valence-electron chi connectivity index (χ3n) is 5.59. The summed E-state index contributed by atoms with van der Waals surface area (Å²) in [6, 6.07) is 6.85. The van der Waals surface area contributed by atoms with Crippen LogP contribution in [0.5, 0.6) is 0 Å². The maximum absolute atomic E-state index is 13.0. The molecule has 0 aliphatic carbocycles. The SMILES string of the molecule is CC(C)n1nc(C(=O)O[C@H](C)C(=O)N2[C@H](C)CCC[C@H]2C)c2ccccc2c1=O. The fraction of sp³-hybridized carbons (Fsp3) is 0.545. The Hall–Kier alpha value is -2.70. The van der Waals surface area contributed by atoms with Crippen LogP contribution in [0.2, 0.25) is 0 Å². The first-order valence-corrected chi connectivity index (χ1v) is 10.3. The van der Waals surface area contributed by atoms with E-state index in [2.05, 4.69) is 5.10 Å². The molecule has 1 fully saturated rings. The molecule has 1 aromatic carbocycles. The van der Waals surface area contributed by atoms with Crippen molar-refractivity contribution in [1.82, 2.24) is 14.7 Å². The van der Waals surface area contributed by atoms with Crippen LogP contribution >= 0.6 is 0 Å². The van der Waals surface area contributed by atoms with Gasteiger partial charge >= 0.3 is 5.97 Å². The molecule has 0 saturated carbocycles. The molecule has 0 bridgehead atoms. The first-order valence-electron chi connectivity index (χ1n) is 10.3. The number of piperidine rings is 1. The zero-order valence-electron chi connectivity index (χ0n) is 17.7. The van der Waals surface area contributed by atoms with E-state index in [-0.39, 0.29) is 35.3 Å². The van der Waals surface area contributed by atoms with Crippen molar-refractivity contribution in [2.75, 3.05) is 0 Å². The van der Waals surface area contributed by atoms with Crippen molar-refractivity contribution in [1.29, 1.82) is 0 Å². The van der Waals surface area contributed by atoms with Gasteiger partial charge in [0.1, 0.15) is 0 Å². The third kappa shape index (κ3) is 4.04. The molecule has 1 saturated heterocycles. The van der Waals surface area contributed by atoms with E-state index < -0.39 is 12.1 Å². The van der Waals surface area contributed by atoms with Crippen LogP contribution in [-0.4, -0.2) is 44.7 Å². The minimum Gasteiger partial charge on any atom is -0.448 e. The summed E-state index contributed by atoms with van der Waals surface area (Å²) in [5.41, 5.74) is -0.208. The van der Waals surface area contributed by atoms with Crippen LogP contribution in [0.15, 0.2) is 29.1 Å². The van der Waals surface area contributed by atoms with E-state index in [4.69, 9.17) is 4.74 Å². The minimum atomic E-state index is -0.925. The minimum absolute atomic E-state index is 0.0493. The van der Waals surface area contributed by atoms with Gasteiger partial charge in [-0.25, -0.2) is 9.48 Å². The van der Waals surface area contributed by atoms with E-state index in [0.717, 1.165) is 19.3 Å². The van der Waals surface area contributed by atoms with Crippen LogP contribution in [0.3, 0.4) is 0 Å². The maximum Gasteiger partial charge on any atom is 0.360 e. The van der Waals surface area contributed by atoms with Gasteiger partial charge in [0, 0.05) is 17.5 Å². The molecule has 0 radical (unpaired) electrons. The summed E-state index contributed by atoms with van der Waals surface area (Å²) in [5, 5.41) is 5.09. The van der Waals surface area contributed by atoms with E-state index in [0.29, 0.717) is 10.8 Å². The molecule has 1 amide bonds. The summed E-state index contributed by atoms with van der Waals surface area (Å²) < 4.78 is 6.80. The number of nitrogens with zero attached hydrogens (tertiary/aromatic N) is 3. The monoisotopic (exact) mass is 399 g/mol. The van der Waals surface area contributed by atoms with Crippen LogP contribution in [-0.2, 0) is 9.53 Å². The molecule has 2 aromatic rings. The van der Waals surface area contributed by atoms with Crippen molar-refractivity contribution >= 4 is 22.6 Å². The highest BCUT2D eigenvalue weighted by Crippen LogP contribution is 2.24. The van der Waals surface area contributed by atoms with Crippen LogP contribution in [0.4, 0.5) is 0 Å². The second-order valence-electron chi connectivity index (χ2n) is 8.16. The number of ether oxygens (including phenoxy) is 1. The molecular formula is C22H29N3O4. The van der Waals surface area contributed by atoms with Crippen molar-refractivity contribution in [3.05, 3.63) is 40.3 Å². The number of carbonyl (C=O) groups excluding carboxylic acids is 2. The Kier molecular flexibility index (Phi) is 6.05. The number of benzene rings is 1. The molecule has 3 atom stereocenters. The molecule has 29 heavy (non-hydrogen) atoms. The summed E-state index contributed by atoms with van der Waals surface area (Å²) >= 11 is 0. The Balaban J connectivity index is 1.91. The summed E-state index contributed by atoms with van der Waals surface area (Å²) in [4.78, 5) is 40.3. The highest BCUT2D eigenvalue weighted by atomic mass is 16.5. The summed E-state index contributed by atoms with van der Waals surface area (Å²) in [6.45, 7) is 9.29. The summed E-state index contributed by atoms with van der Waals surface area (Å²) in [7, 11) is 0. The molecule has 1 aliphatic rings. The van der Waals surface area contributed by atoms with Crippen LogP contribution in [0.25, 0.3) is 10.8 Å². The van der Waals surface area contributed by atoms with Crippen molar-refractivity contribution < 1.29 is 14.3 Å². The molecule has 3 rings (SSSR count). The zero-order valence-corrected chi connectivity index (χ0v) is 17.7. The first-order chi connectivity index (χ1) is 13.7. The van der Waals surface area contributed by atoms with Gasteiger partial charge in [0.15, 0.2) is 11.8 Å². The van der Waals surface area contributed by atoms with E-state index in [1.165, 1.54) is 4.68 Å². The predicted octanol–water partition coefficient (Wildman–Crippen LogP) is 3.31. The number of hydrogen-bond acceptors (Lipinski definition) is 5. The lowest BCUT2D eigenvalue weighted by Crippen LogP contribution is -2.51. The fourth-order valence-corrected chi connectivity index (χ4v) is 4.04. The molecule has 0 N–H and O–H groups in total. The third-order valence-corrected chi connectivity index (χ3v) is 5.59. The smallest absolute Gasteiger partial charge is 0.360 e. The lowest BCUT2D eigenvalue weighted by Gasteiger charge is -2.40. The lowest BCUT2D eigenvalue weighted by atomic mass is 9.97. The fourth-order valence-electron chi connectivity index (χ4n) is 4.04. The van der Waals surface area contributed by atoms with E-state index >= 15 is 0 Å². The largest absolute Gasteiger partial charge is 0.448 e. The highest BCUT2D eigenvalue weighted by Gasteiger charge is 2.34. The summed E-state index contributed by atoms with van der Waals surface area (Å²) in [5.74, 6) is -0.895. The van der Waals surface area contributed by atoms with Crippen LogP contribution < -0.4 is 5.56 Å². The first kappa shape index (κ1) is 21.0. The van der Waals surface area contributed by atoms with Gasteiger partial charge in [0.2, 0.25) is 0 Å². The number of carbonyl (C=O) groups is 2. The number of amides is 1. The maximum atomic E-state index is 13.0. The topological polar surface area (TPSA) is 81.5 Å². The molecule has 1 aromatic heterocycles. The van der Waals surface area contributed by atoms with Crippen molar-refractivity contribution in [2.24, 2.45) is 0 Å². The second kappa shape index (κ2) is 8.35. The molecule has 7 nitrogen and oxygen atoms in total. The van der Waals surface area contributed by atoms with Gasteiger partial charge in [0.05, 0.1) is 11.4 Å². The highest BCUT2D eigenvalue weighted by molar-refractivity contribution is 6.02. The van der Waals surface area contributed by atoms with Crippen LogP contribution in [0.1, 0.15) is 70.4 Å². The van der Waals surface area contributed by atoms with E-state index in [1.807, 2.05) is 32.6 Å². The van der Waals surface area contributed by atoms with Gasteiger partial charge in [-0.15, -0.1) is 0 Å². The van der Waals surface area contributed by atoms with Gasteiger partial charge in [0.25, 0.3) is 11.5 Å². The Morgan fingerprint density at radius 2 is 1.66 bits per heavy atom. The van der Waals surface area contributed by atoms with Gasteiger partial charge in [-0.05, 0) is 59.9 Å². The standard InChI is InChI=1S/C22H29N3O4/c1-13(2)25-21(27)18-12-7-6-11-17(18)19(23-25)22(28)29-16(5)20(26)24-14(3)9-8-10-15(24)4/h6-7,11-16H,8-10H2,1-5H3/t14-,15-,16-/m1/s1. The van der Waals surface area contributed by atoms with Gasteiger partial charge in [-0.1, -0.05) is 18.2 Å². The number of fused-ring (bicyclic) bond motifs is 1. The number of aromatic nitrogens is 2. The van der Waals surface area contributed by atoms with E-state index in [1.54, 1.807) is 31.2 Å². The quantitative estimate of drug-likeness (QED) is 0.737. The zero-order chi connectivity index (χ0) is 21.3. The van der Waals surface area contributed by atoms with Crippen molar-refractivity contribution in [3.63, 3.8) is 0 Å². The van der Waals surface area contributed by atoms with Crippen molar-refractivity contribution in [3.8, 4) is 0 Å². The summed E-state index contributed by atoms with van der Waals surface area (Å²) in [6.07, 6.45) is 2.06. The van der Waals surface area contributed by atoms with Gasteiger partial charge in [-0.2, -0.15) is 5.10 Å². The number of likely N-dealkylation sites (tertiary alicyclic amines) is 1. The molecule has 0 unspecified atom stereocenters.